The second-order valence-corrected chi connectivity index (χ2v) is 8.50. The van der Waals surface area contributed by atoms with E-state index in [1.165, 1.54) is 5.56 Å². The Morgan fingerprint density at radius 2 is 2.20 bits per heavy atom. The van der Waals surface area contributed by atoms with Gasteiger partial charge in [-0.3, -0.25) is 0 Å². The molecular weight excluding hydrogens is 384 g/mol. The average Bonchev–Trinajstić information content (AvgIpc) is 2.49. The van der Waals surface area contributed by atoms with E-state index >= 15 is 0 Å². The first kappa shape index (κ1) is 20.0. The molecule has 2 atom stereocenters. The van der Waals surface area contributed by atoms with Crippen molar-refractivity contribution >= 4 is 27.7 Å². The number of hydrogen-bond acceptors (Lipinski definition) is 4. The summed E-state index contributed by atoms with van der Waals surface area (Å²) < 4.78 is 12.2. The Morgan fingerprint density at radius 3 is 2.84 bits per heavy atom. The predicted molar refractivity (Wildman–Crippen MR) is 104 cm³/mol. The molecule has 1 aliphatic heterocycles. The number of halogens is 1. The molecule has 0 radical (unpaired) electrons. The molecule has 140 valence electrons. The Bertz CT molecular complexity index is 601. The highest BCUT2D eigenvalue weighted by molar-refractivity contribution is 9.10. The van der Waals surface area contributed by atoms with E-state index in [4.69, 9.17) is 9.47 Å². The third-order valence-corrected chi connectivity index (χ3v) is 4.94. The topological polar surface area (TPSA) is 50.8 Å². The molecule has 0 spiro atoms. The first-order valence-electron chi connectivity index (χ1n) is 8.76. The Hall–Kier alpha value is -1.27. The second-order valence-electron chi connectivity index (χ2n) is 7.65. The number of ether oxygens (including phenoxy) is 2. The standard InChI is InChI=1S/C19H29BrN2O3/c1-13-10-15(6-7-17(13)20)21-14(2)11-16-12-24-9-8-22(16)18(23)25-19(3,4)5/h6-7,10,14,16,21H,8-9,11-12H2,1-5H3. The van der Waals surface area contributed by atoms with Crippen LogP contribution in [0, 0.1) is 6.92 Å². The maximum atomic E-state index is 12.5. The maximum absolute atomic E-state index is 12.5. The van der Waals surface area contributed by atoms with Gasteiger partial charge < -0.3 is 19.7 Å². The zero-order valence-electron chi connectivity index (χ0n) is 15.8. The molecule has 1 aliphatic rings. The van der Waals surface area contributed by atoms with Gasteiger partial charge in [0.25, 0.3) is 0 Å². The lowest BCUT2D eigenvalue weighted by atomic mass is 10.1. The van der Waals surface area contributed by atoms with Crippen molar-refractivity contribution in [2.24, 2.45) is 0 Å². The molecule has 0 bridgehead atoms. The molecular formula is C19H29BrN2O3. The van der Waals surface area contributed by atoms with Gasteiger partial charge in [-0.25, -0.2) is 4.79 Å². The molecule has 1 heterocycles. The quantitative estimate of drug-likeness (QED) is 0.785. The van der Waals surface area contributed by atoms with Gasteiger partial charge in [0, 0.05) is 22.7 Å². The monoisotopic (exact) mass is 412 g/mol. The summed E-state index contributed by atoms with van der Waals surface area (Å²) in [4.78, 5) is 14.3. The van der Waals surface area contributed by atoms with Crippen LogP contribution in [0.15, 0.2) is 22.7 Å². The largest absolute Gasteiger partial charge is 0.444 e. The van der Waals surface area contributed by atoms with Crippen molar-refractivity contribution in [1.82, 2.24) is 4.90 Å². The molecule has 1 N–H and O–H groups in total. The number of nitrogens with zero attached hydrogens (tertiary/aromatic N) is 1. The van der Waals surface area contributed by atoms with Crippen molar-refractivity contribution < 1.29 is 14.3 Å². The summed E-state index contributed by atoms with van der Waals surface area (Å²) in [6, 6.07) is 6.43. The van der Waals surface area contributed by atoms with Gasteiger partial charge in [-0.1, -0.05) is 15.9 Å². The minimum atomic E-state index is -0.487. The molecule has 0 aromatic heterocycles. The van der Waals surface area contributed by atoms with Gasteiger partial charge in [-0.15, -0.1) is 0 Å². The summed E-state index contributed by atoms with van der Waals surface area (Å²) in [6.45, 7) is 11.5. The fraction of sp³-hybridized carbons (Fsp3) is 0.632. The number of aryl methyl sites for hydroxylation is 1. The smallest absolute Gasteiger partial charge is 0.410 e. The van der Waals surface area contributed by atoms with Gasteiger partial charge in [-0.2, -0.15) is 0 Å². The van der Waals surface area contributed by atoms with Crippen molar-refractivity contribution in [2.75, 3.05) is 25.1 Å². The van der Waals surface area contributed by atoms with Crippen LogP contribution < -0.4 is 5.32 Å². The van der Waals surface area contributed by atoms with E-state index in [-0.39, 0.29) is 18.2 Å². The van der Waals surface area contributed by atoms with Gasteiger partial charge in [0.05, 0.1) is 19.3 Å². The van der Waals surface area contributed by atoms with Gasteiger partial charge in [0.2, 0.25) is 0 Å². The molecule has 1 amide bonds. The molecule has 1 aromatic rings. The maximum Gasteiger partial charge on any atom is 0.410 e. The van der Waals surface area contributed by atoms with Crippen molar-refractivity contribution in [3.63, 3.8) is 0 Å². The summed E-state index contributed by atoms with van der Waals surface area (Å²) in [5, 5.41) is 3.51. The molecule has 1 fully saturated rings. The first-order chi connectivity index (χ1) is 11.7. The molecule has 0 aliphatic carbocycles. The third kappa shape index (κ3) is 6.19. The summed E-state index contributed by atoms with van der Waals surface area (Å²) in [6.07, 6.45) is 0.543. The van der Waals surface area contributed by atoms with Crippen LogP contribution in [0.3, 0.4) is 0 Å². The van der Waals surface area contributed by atoms with Crippen LogP contribution in [0.5, 0.6) is 0 Å². The number of morpholine rings is 1. The Morgan fingerprint density at radius 1 is 1.48 bits per heavy atom. The van der Waals surface area contributed by atoms with Crippen LogP contribution in [-0.4, -0.2) is 48.4 Å². The molecule has 2 rings (SSSR count). The molecule has 0 saturated carbocycles. The SMILES string of the molecule is Cc1cc(NC(C)CC2COCCN2C(=O)OC(C)(C)C)ccc1Br. The lowest BCUT2D eigenvalue weighted by Crippen LogP contribution is -2.51. The number of benzene rings is 1. The van der Waals surface area contributed by atoms with E-state index in [1.807, 2.05) is 26.8 Å². The minimum Gasteiger partial charge on any atom is -0.444 e. The predicted octanol–water partition coefficient (Wildman–Crippen LogP) is 4.58. The fourth-order valence-electron chi connectivity index (χ4n) is 2.90. The number of anilines is 1. The van der Waals surface area contributed by atoms with Crippen LogP contribution in [0.4, 0.5) is 10.5 Å². The third-order valence-electron chi connectivity index (χ3n) is 4.05. The molecule has 2 unspecified atom stereocenters. The van der Waals surface area contributed by atoms with Gasteiger partial charge in [-0.05, 0) is 64.8 Å². The zero-order chi connectivity index (χ0) is 18.6. The number of hydrogen-bond donors (Lipinski definition) is 1. The fourth-order valence-corrected chi connectivity index (χ4v) is 3.14. The van der Waals surface area contributed by atoms with E-state index in [0.29, 0.717) is 19.8 Å². The van der Waals surface area contributed by atoms with E-state index in [0.717, 1.165) is 16.6 Å². The Kier molecular flexibility index (Phi) is 6.74. The molecule has 1 saturated heterocycles. The molecule has 25 heavy (non-hydrogen) atoms. The number of rotatable bonds is 4. The number of carbonyl (C=O) groups excluding carboxylic acids is 1. The molecule has 6 heteroatoms. The number of amides is 1. The van der Waals surface area contributed by atoms with Crippen molar-refractivity contribution in [3.05, 3.63) is 28.2 Å². The summed E-state index contributed by atoms with van der Waals surface area (Å²) in [5.74, 6) is 0. The summed E-state index contributed by atoms with van der Waals surface area (Å²) in [5.41, 5.74) is 1.78. The number of carbonyl (C=O) groups is 1. The van der Waals surface area contributed by atoms with Crippen molar-refractivity contribution in [3.8, 4) is 0 Å². The normalized spacial score (nSPS) is 19.4. The van der Waals surface area contributed by atoms with Crippen LogP contribution in [-0.2, 0) is 9.47 Å². The van der Waals surface area contributed by atoms with Gasteiger partial charge in [0.1, 0.15) is 5.60 Å². The second kappa shape index (κ2) is 8.41. The molecule has 1 aromatic carbocycles. The zero-order valence-corrected chi connectivity index (χ0v) is 17.4. The van der Waals surface area contributed by atoms with Gasteiger partial charge >= 0.3 is 6.09 Å². The van der Waals surface area contributed by atoms with Crippen molar-refractivity contribution in [2.45, 2.75) is 58.7 Å². The highest BCUT2D eigenvalue weighted by atomic mass is 79.9. The Labute approximate surface area is 159 Å². The highest BCUT2D eigenvalue weighted by Crippen LogP contribution is 2.22. The minimum absolute atomic E-state index is 0.0163. The van der Waals surface area contributed by atoms with E-state index in [1.54, 1.807) is 4.90 Å². The average molecular weight is 413 g/mol. The van der Waals surface area contributed by atoms with E-state index < -0.39 is 5.60 Å². The summed E-state index contributed by atoms with van der Waals surface area (Å²) in [7, 11) is 0. The number of nitrogens with one attached hydrogen (secondary N) is 1. The van der Waals surface area contributed by atoms with E-state index in [9.17, 15) is 4.79 Å². The lowest BCUT2D eigenvalue weighted by Gasteiger charge is -2.37. The van der Waals surface area contributed by atoms with Crippen LogP contribution >= 0.6 is 15.9 Å². The lowest BCUT2D eigenvalue weighted by molar-refractivity contribution is -0.0345. The first-order valence-corrected chi connectivity index (χ1v) is 9.55. The summed E-state index contributed by atoms with van der Waals surface area (Å²) >= 11 is 3.52. The Balaban J connectivity index is 1.97. The van der Waals surface area contributed by atoms with E-state index in [2.05, 4.69) is 47.2 Å². The van der Waals surface area contributed by atoms with Crippen molar-refractivity contribution in [1.29, 1.82) is 0 Å². The van der Waals surface area contributed by atoms with Crippen LogP contribution in [0.25, 0.3) is 0 Å². The molecule has 5 nitrogen and oxygen atoms in total. The van der Waals surface area contributed by atoms with Crippen LogP contribution in [0.1, 0.15) is 39.7 Å². The van der Waals surface area contributed by atoms with Crippen LogP contribution in [0.2, 0.25) is 0 Å². The van der Waals surface area contributed by atoms with Gasteiger partial charge in [0.15, 0.2) is 0 Å². The highest BCUT2D eigenvalue weighted by Gasteiger charge is 2.31.